The van der Waals surface area contributed by atoms with Crippen molar-refractivity contribution in [1.82, 2.24) is 9.88 Å². The van der Waals surface area contributed by atoms with Gasteiger partial charge in [-0.25, -0.2) is 4.79 Å². The number of fused-ring (bicyclic) bond motifs is 1. The van der Waals surface area contributed by atoms with Crippen molar-refractivity contribution in [3.63, 3.8) is 0 Å². The predicted octanol–water partition coefficient (Wildman–Crippen LogP) is 5.09. The Morgan fingerprint density at radius 2 is 1.81 bits per heavy atom. The zero-order valence-corrected chi connectivity index (χ0v) is 17.5. The summed E-state index contributed by atoms with van der Waals surface area (Å²) in [5.41, 5.74) is 4.50. The number of benzene rings is 2. The standard InChI is InChI=1S/C25H27N3O3/c29-24-22(20-14-18(25(30)31)8-11-21(20)27-24)23(17-6-7-17)26-19-9-4-16(5-10-19)15-28-12-2-1-3-13-28/h4-5,8-11,14,17,27,29H,1-3,6-7,12-13,15H2,(H,30,31). The summed E-state index contributed by atoms with van der Waals surface area (Å²) in [6.07, 6.45) is 5.95. The van der Waals surface area contributed by atoms with Gasteiger partial charge in [-0.3, -0.25) is 9.89 Å². The summed E-state index contributed by atoms with van der Waals surface area (Å²) in [4.78, 5) is 21.8. The van der Waals surface area contributed by atoms with Crippen molar-refractivity contribution in [1.29, 1.82) is 0 Å². The molecule has 0 atom stereocenters. The Balaban J connectivity index is 1.47. The first-order valence-corrected chi connectivity index (χ1v) is 11.1. The van der Waals surface area contributed by atoms with Gasteiger partial charge in [0.05, 0.1) is 22.5 Å². The van der Waals surface area contributed by atoms with Crippen LogP contribution in [0.3, 0.4) is 0 Å². The number of aromatic hydroxyl groups is 1. The normalized spacial score (nSPS) is 17.9. The lowest BCUT2D eigenvalue weighted by atomic mass is 10.0. The maximum atomic E-state index is 11.4. The number of carbonyl (C=O) groups is 1. The maximum Gasteiger partial charge on any atom is 0.335 e. The molecular formula is C25H27N3O3. The second kappa shape index (κ2) is 8.19. The number of piperidine rings is 1. The van der Waals surface area contributed by atoms with Crippen molar-refractivity contribution in [3.8, 4) is 5.88 Å². The summed E-state index contributed by atoms with van der Waals surface area (Å²) in [5.74, 6) is -0.654. The van der Waals surface area contributed by atoms with Gasteiger partial charge in [0, 0.05) is 23.4 Å². The number of carboxylic acid groups (broad SMARTS) is 1. The van der Waals surface area contributed by atoms with Gasteiger partial charge in [0.25, 0.3) is 0 Å². The van der Waals surface area contributed by atoms with E-state index in [1.54, 1.807) is 18.2 Å². The smallest absolute Gasteiger partial charge is 0.335 e. The van der Waals surface area contributed by atoms with Crippen LogP contribution in [0, 0.1) is 5.92 Å². The molecule has 0 radical (unpaired) electrons. The highest BCUT2D eigenvalue weighted by Crippen LogP contribution is 2.40. The van der Waals surface area contributed by atoms with E-state index in [1.165, 1.54) is 37.9 Å². The first-order valence-electron chi connectivity index (χ1n) is 11.1. The molecule has 0 amide bonds. The third kappa shape index (κ3) is 4.21. The van der Waals surface area contributed by atoms with Gasteiger partial charge >= 0.3 is 5.97 Å². The average molecular weight is 418 g/mol. The minimum absolute atomic E-state index is 0.0462. The van der Waals surface area contributed by atoms with Crippen LogP contribution < -0.4 is 0 Å². The number of nitrogens with zero attached hydrogens (tertiary/aromatic N) is 2. The summed E-state index contributed by atoms with van der Waals surface area (Å²) in [5, 5.41) is 20.7. The lowest BCUT2D eigenvalue weighted by Gasteiger charge is -2.26. The van der Waals surface area contributed by atoms with E-state index in [4.69, 9.17) is 4.99 Å². The molecule has 1 saturated heterocycles. The second-order valence-electron chi connectivity index (χ2n) is 8.69. The number of hydrogen-bond donors (Lipinski definition) is 3. The van der Waals surface area contributed by atoms with E-state index >= 15 is 0 Å². The number of H-pyrrole nitrogens is 1. The minimum atomic E-state index is -0.984. The molecule has 2 aliphatic rings. The van der Waals surface area contributed by atoms with Crippen LogP contribution in [-0.2, 0) is 6.54 Å². The van der Waals surface area contributed by atoms with E-state index < -0.39 is 5.97 Å². The van der Waals surface area contributed by atoms with Crippen LogP contribution in [0.15, 0.2) is 47.5 Å². The molecule has 31 heavy (non-hydrogen) atoms. The molecule has 160 valence electrons. The number of carboxylic acids is 1. The van der Waals surface area contributed by atoms with Gasteiger partial charge in [-0.1, -0.05) is 18.6 Å². The van der Waals surface area contributed by atoms with Crippen LogP contribution in [0.1, 0.15) is 53.6 Å². The first-order chi connectivity index (χ1) is 15.1. The summed E-state index contributed by atoms with van der Waals surface area (Å²) >= 11 is 0. The molecule has 3 aromatic rings. The van der Waals surface area contributed by atoms with Crippen LogP contribution in [-0.4, -0.2) is 44.9 Å². The molecule has 1 aromatic heterocycles. The zero-order chi connectivity index (χ0) is 21.4. The van der Waals surface area contributed by atoms with Crippen molar-refractivity contribution in [2.24, 2.45) is 10.9 Å². The number of aromatic amines is 1. The fraction of sp³-hybridized carbons (Fsp3) is 0.360. The second-order valence-corrected chi connectivity index (χ2v) is 8.69. The first kappa shape index (κ1) is 19.8. The Labute approximate surface area is 181 Å². The predicted molar refractivity (Wildman–Crippen MR) is 121 cm³/mol. The fourth-order valence-electron chi connectivity index (χ4n) is 4.47. The maximum absolute atomic E-state index is 11.4. The number of hydrogen-bond acceptors (Lipinski definition) is 4. The highest BCUT2D eigenvalue weighted by molar-refractivity contribution is 6.16. The van der Waals surface area contributed by atoms with E-state index in [9.17, 15) is 15.0 Å². The van der Waals surface area contributed by atoms with Gasteiger partial charge in [-0.15, -0.1) is 0 Å². The van der Waals surface area contributed by atoms with Crippen molar-refractivity contribution in [2.45, 2.75) is 38.6 Å². The Bertz CT molecular complexity index is 1140. The molecular weight excluding hydrogens is 390 g/mol. The van der Waals surface area contributed by atoms with Gasteiger partial charge in [0.2, 0.25) is 0 Å². The monoisotopic (exact) mass is 417 g/mol. The Morgan fingerprint density at radius 3 is 2.48 bits per heavy atom. The van der Waals surface area contributed by atoms with Crippen LogP contribution in [0.5, 0.6) is 5.88 Å². The van der Waals surface area contributed by atoms with E-state index in [2.05, 4.69) is 22.0 Å². The van der Waals surface area contributed by atoms with E-state index in [-0.39, 0.29) is 17.4 Å². The minimum Gasteiger partial charge on any atom is -0.494 e. The summed E-state index contributed by atoms with van der Waals surface area (Å²) in [7, 11) is 0. The van der Waals surface area contributed by atoms with Gasteiger partial charge in [0.15, 0.2) is 5.88 Å². The highest BCUT2D eigenvalue weighted by Gasteiger charge is 2.32. The van der Waals surface area contributed by atoms with E-state index in [0.29, 0.717) is 16.5 Å². The molecule has 6 heteroatoms. The molecule has 2 aromatic carbocycles. The summed E-state index contributed by atoms with van der Waals surface area (Å²) in [6.45, 7) is 3.31. The van der Waals surface area contributed by atoms with Gasteiger partial charge in [0.1, 0.15) is 0 Å². The SMILES string of the molecule is O=C(O)c1ccc2[nH]c(O)c(C(=Nc3ccc(CN4CCCCC4)cc3)C3CC3)c2c1. The van der Waals surface area contributed by atoms with Crippen molar-refractivity contribution >= 4 is 28.3 Å². The largest absolute Gasteiger partial charge is 0.494 e. The lowest BCUT2D eigenvalue weighted by Crippen LogP contribution is -2.28. The summed E-state index contributed by atoms with van der Waals surface area (Å²) in [6, 6.07) is 13.2. The molecule has 0 spiro atoms. The molecule has 5 rings (SSSR count). The number of rotatable bonds is 6. The van der Waals surface area contributed by atoms with Gasteiger partial charge in [-0.05, 0) is 74.7 Å². The number of likely N-dealkylation sites (tertiary alicyclic amines) is 1. The van der Waals surface area contributed by atoms with Gasteiger partial charge in [-0.2, -0.15) is 0 Å². The molecule has 2 heterocycles. The number of aliphatic imine (C=N–C) groups is 1. The zero-order valence-electron chi connectivity index (χ0n) is 17.5. The van der Waals surface area contributed by atoms with Crippen LogP contribution in [0.25, 0.3) is 10.9 Å². The van der Waals surface area contributed by atoms with Crippen molar-refractivity contribution in [3.05, 3.63) is 59.2 Å². The van der Waals surface area contributed by atoms with Crippen LogP contribution >= 0.6 is 0 Å². The Hall–Kier alpha value is -3.12. The van der Waals surface area contributed by atoms with E-state index in [1.807, 2.05) is 12.1 Å². The number of aromatic carboxylic acids is 1. The molecule has 0 bridgehead atoms. The van der Waals surface area contributed by atoms with Gasteiger partial charge < -0.3 is 15.2 Å². The molecule has 1 aliphatic heterocycles. The average Bonchev–Trinajstić information content (AvgIpc) is 3.56. The third-order valence-corrected chi connectivity index (χ3v) is 6.29. The molecule has 0 unspecified atom stereocenters. The summed E-state index contributed by atoms with van der Waals surface area (Å²) < 4.78 is 0. The highest BCUT2D eigenvalue weighted by atomic mass is 16.4. The Morgan fingerprint density at radius 1 is 1.06 bits per heavy atom. The lowest BCUT2D eigenvalue weighted by molar-refractivity contribution is 0.0697. The molecule has 1 saturated carbocycles. The quantitative estimate of drug-likeness (QED) is 0.488. The fourth-order valence-corrected chi connectivity index (χ4v) is 4.47. The number of nitrogens with one attached hydrogen (secondary N) is 1. The number of aromatic nitrogens is 1. The molecule has 3 N–H and O–H groups in total. The van der Waals surface area contributed by atoms with Crippen molar-refractivity contribution < 1.29 is 15.0 Å². The third-order valence-electron chi connectivity index (χ3n) is 6.29. The van der Waals surface area contributed by atoms with Crippen LogP contribution in [0.4, 0.5) is 5.69 Å². The molecule has 6 nitrogen and oxygen atoms in total. The topological polar surface area (TPSA) is 88.9 Å². The van der Waals surface area contributed by atoms with Crippen molar-refractivity contribution in [2.75, 3.05) is 13.1 Å². The molecule has 2 fully saturated rings. The van der Waals surface area contributed by atoms with Crippen LogP contribution in [0.2, 0.25) is 0 Å². The Kier molecular flexibility index (Phi) is 5.24. The molecule has 1 aliphatic carbocycles. The van der Waals surface area contributed by atoms with E-state index in [0.717, 1.165) is 30.8 Å².